The fourth-order valence-electron chi connectivity index (χ4n) is 2.46. The van der Waals surface area contributed by atoms with Gasteiger partial charge < -0.3 is 9.64 Å². The molecule has 0 saturated carbocycles. The Hall–Kier alpha value is -2.90. The third-order valence-corrected chi connectivity index (χ3v) is 4.39. The van der Waals surface area contributed by atoms with Crippen LogP contribution in [0.3, 0.4) is 0 Å². The number of hydrogen-bond donors (Lipinski definition) is 0. The number of alkyl halides is 3. The lowest BCUT2D eigenvalue weighted by atomic mass is 10.0. The molecule has 29 heavy (non-hydrogen) atoms. The molecule has 0 spiro atoms. The third-order valence-electron chi connectivity index (χ3n) is 4.39. The van der Waals surface area contributed by atoms with Gasteiger partial charge in [0.15, 0.2) is 0 Å². The van der Waals surface area contributed by atoms with E-state index in [0.29, 0.717) is 17.3 Å². The molecule has 0 aromatic heterocycles. The Morgan fingerprint density at radius 3 is 2.45 bits per heavy atom. The van der Waals surface area contributed by atoms with Crippen LogP contribution in [0.15, 0.2) is 35.3 Å². The topological polar surface area (TPSA) is 41.9 Å². The van der Waals surface area contributed by atoms with Crippen molar-refractivity contribution in [2.45, 2.75) is 33.6 Å². The van der Waals surface area contributed by atoms with E-state index in [0.717, 1.165) is 24.2 Å². The first-order valence-corrected chi connectivity index (χ1v) is 8.91. The molecular formula is C21H22F4N2O2. The number of halogens is 4. The SMILES string of the molecule is CCN(C)/C=N/c1cc(C)c(C(=O)OCc2ccc(C(F)(F)F)cc2F)cc1C. The van der Waals surface area contributed by atoms with Crippen LogP contribution in [0.5, 0.6) is 0 Å². The van der Waals surface area contributed by atoms with Gasteiger partial charge in [-0.3, -0.25) is 0 Å². The van der Waals surface area contributed by atoms with E-state index in [1.807, 2.05) is 18.9 Å². The minimum absolute atomic E-state index is 0.135. The zero-order valence-corrected chi connectivity index (χ0v) is 16.6. The second-order valence-electron chi connectivity index (χ2n) is 6.65. The average molecular weight is 410 g/mol. The van der Waals surface area contributed by atoms with E-state index in [1.165, 1.54) is 0 Å². The van der Waals surface area contributed by atoms with Gasteiger partial charge in [0.2, 0.25) is 0 Å². The van der Waals surface area contributed by atoms with E-state index >= 15 is 0 Å². The summed E-state index contributed by atoms with van der Waals surface area (Å²) in [5.41, 5.74) is 1.14. The van der Waals surface area contributed by atoms with Crippen molar-refractivity contribution in [3.8, 4) is 0 Å². The fraction of sp³-hybridized carbons (Fsp3) is 0.333. The van der Waals surface area contributed by atoms with Crippen molar-refractivity contribution in [1.82, 2.24) is 4.90 Å². The van der Waals surface area contributed by atoms with Crippen LogP contribution < -0.4 is 0 Å². The Balaban J connectivity index is 2.13. The maximum Gasteiger partial charge on any atom is 0.416 e. The quantitative estimate of drug-likeness (QED) is 0.276. The van der Waals surface area contributed by atoms with Gasteiger partial charge in [0.25, 0.3) is 0 Å². The molecule has 0 unspecified atom stereocenters. The predicted octanol–water partition coefficient (Wildman–Crippen LogP) is 5.43. The van der Waals surface area contributed by atoms with E-state index in [-0.39, 0.29) is 11.1 Å². The zero-order valence-electron chi connectivity index (χ0n) is 16.6. The highest BCUT2D eigenvalue weighted by molar-refractivity contribution is 5.92. The second kappa shape index (κ2) is 9.07. The molecule has 2 aromatic carbocycles. The first-order chi connectivity index (χ1) is 13.5. The summed E-state index contributed by atoms with van der Waals surface area (Å²) in [4.78, 5) is 18.7. The maximum absolute atomic E-state index is 13.9. The number of benzene rings is 2. The lowest BCUT2D eigenvalue weighted by Gasteiger charge is -2.12. The Morgan fingerprint density at radius 2 is 1.86 bits per heavy atom. The summed E-state index contributed by atoms with van der Waals surface area (Å²) < 4.78 is 56.8. The minimum atomic E-state index is -4.64. The van der Waals surface area contributed by atoms with Crippen LogP contribution in [-0.2, 0) is 17.5 Å². The molecule has 8 heteroatoms. The number of aliphatic imine (C=N–C) groups is 1. The highest BCUT2D eigenvalue weighted by Gasteiger charge is 2.31. The summed E-state index contributed by atoms with van der Waals surface area (Å²) in [6.07, 6.45) is -2.95. The monoisotopic (exact) mass is 410 g/mol. The Kier molecular flexibility index (Phi) is 7.00. The lowest BCUT2D eigenvalue weighted by molar-refractivity contribution is -0.137. The van der Waals surface area contributed by atoms with E-state index in [9.17, 15) is 22.4 Å². The van der Waals surface area contributed by atoms with Gasteiger partial charge in [-0.15, -0.1) is 0 Å². The number of aryl methyl sites for hydroxylation is 2. The third kappa shape index (κ3) is 5.79. The number of ether oxygens (including phenoxy) is 1. The van der Waals surface area contributed by atoms with Gasteiger partial charge in [0.1, 0.15) is 12.4 Å². The van der Waals surface area contributed by atoms with E-state index in [1.54, 1.807) is 32.3 Å². The van der Waals surface area contributed by atoms with Gasteiger partial charge in [0, 0.05) is 19.2 Å². The molecule has 0 radical (unpaired) electrons. The summed E-state index contributed by atoms with van der Waals surface area (Å²) >= 11 is 0. The highest BCUT2D eigenvalue weighted by atomic mass is 19.4. The minimum Gasteiger partial charge on any atom is -0.457 e. The first-order valence-electron chi connectivity index (χ1n) is 8.91. The highest BCUT2D eigenvalue weighted by Crippen LogP contribution is 2.30. The summed E-state index contributed by atoms with van der Waals surface area (Å²) in [6.45, 7) is 5.83. The zero-order chi connectivity index (χ0) is 21.8. The van der Waals surface area contributed by atoms with Gasteiger partial charge in [-0.2, -0.15) is 13.2 Å². The Labute approximate surface area is 166 Å². The van der Waals surface area contributed by atoms with E-state index < -0.39 is 30.1 Å². The summed E-state index contributed by atoms with van der Waals surface area (Å²) in [5, 5.41) is 0. The van der Waals surface area contributed by atoms with Crippen molar-refractivity contribution < 1.29 is 27.1 Å². The molecule has 0 aliphatic heterocycles. The number of carbonyl (C=O) groups is 1. The van der Waals surface area contributed by atoms with Crippen molar-refractivity contribution in [1.29, 1.82) is 0 Å². The van der Waals surface area contributed by atoms with Crippen molar-refractivity contribution in [3.63, 3.8) is 0 Å². The normalized spacial score (nSPS) is 11.7. The second-order valence-corrected chi connectivity index (χ2v) is 6.65. The van der Waals surface area contributed by atoms with Gasteiger partial charge >= 0.3 is 12.1 Å². The molecule has 0 bridgehead atoms. The molecule has 0 N–H and O–H groups in total. The lowest BCUT2D eigenvalue weighted by Crippen LogP contribution is -2.14. The number of hydrogen-bond acceptors (Lipinski definition) is 3. The van der Waals surface area contributed by atoms with Crippen molar-refractivity contribution in [2.24, 2.45) is 4.99 Å². The van der Waals surface area contributed by atoms with Gasteiger partial charge in [-0.25, -0.2) is 14.2 Å². The van der Waals surface area contributed by atoms with Crippen LogP contribution >= 0.6 is 0 Å². The largest absolute Gasteiger partial charge is 0.457 e. The molecule has 4 nitrogen and oxygen atoms in total. The van der Waals surface area contributed by atoms with Gasteiger partial charge in [-0.05, 0) is 56.2 Å². The van der Waals surface area contributed by atoms with Crippen LogP contribution in [0.25, 0.3) is 0 Å². The van der Waals surface area contributed by atoms with E-state index in [4.69, 9.17) is 4.74 Å². The molecule has 0 amide bonds. The van der Waals surface area contributed by atoms with Crippen LogP contribution in [0.1, 0.15) is 39.5 Å². The number of rotatable bonds is 6. The Morgan fingerprint density at radius 1 is 1.17 bits per heavy atom. The van der Waals surface area contributed by atoms with Crippen LogP contribution in [0.4, 0.5) is 23.2 Å². The molecule has 156 valence electrons. The number of nitrogens with zero attached hydrogens (tertiary/aromatic N) is 2. The number of carbonyl (C=O) groups excluding carboxylic acids is 1. The molecule has 0 fully saturated rings. The smallest absolute Gasteiger partial charge is 0.416 e. The fourth-order valence-corrected chi connectivity index (χ4v) is 2.46. The first kappa shape index (κ1) is 22.4. The molecule has 0 heterocycles. The van der Waals surface area contributed by atoms with Crippen molar-refractivity contribution in [3.05, 3.63) is 64.0 Å². The van der Waals surface area contributed by atoms with Crippen LogP contribution in [-0.4, -0.2) is 30.8 Å². The van der Waals surface area contributed by atoms with Gasteiger partial charge in [0.05, 0.1) is 23.2 Å². The van der Waals surface area contributed by atoms with E-state index in [2.05, 4.69) is 4.99 Å². The van der Waals surface area contributed by atoms with Crippen LogP contribution in [0.2, 0.25) is 0 Å². The molecule has 2 aromatic rings. The summed E-state index contributed by atoms with van der Waals surface area (Å²) in [6, 6.07) is 5.47. The molecule has 0 aliphatic carbocycles. The molecule has 2 rings (SSSR count). The average Bonchev–Trinajstić information content (AvgIpc) is 2.65. The molecule has 0 saturated heterocycles. The molecular weight excluding hydrogens is 388 g/mol. The molecule has 0 atom stereocenters. The Bertz CT molecular complexity index is 924. The van der Waals surface area contributed by atoms with Crippen molar-refractivity contribution in [2.75, 3.05) is 13.6 Å². The summed E-state index contributed by atoms with van der Waals surface area (Å²) in [5.74, 6) is -1.77. The molecule has 0 aliphatic rings. The van der Waals surface area contributed by atoms with Gasteiger partial charge in [-0.1, -0.05) is 6.07 Å². The van der Waals surface area contributed by atoms with Crippen LogP contribution in [0, 0.1) is 19.7 Å². The maximum atomic E-state index is 13.9. The summed E-state index contributed by atoms with van der Waals surface area (Å²) in [7, 11) is 1.89. The number of esters is 1. The predicted molar refractivity (Wildman–Crippen MR) is 103 cm³/mol. The van der Waals surface area contributed by atoms with Crippen molar-refractivity contribution >= 4 is 18.0 Å². The standard InChI is InChI=1S/C21H22F4N2O2/c1-5-27(4)12-26-19-9-13(2)17(8-14(19)3)20(28)29-11-15-6-7-16(10-18(15)22)21(23,24)25/h6-10,12H,5,11H2,1-4H3/b26-12+.